The highest BCUT2D eigenvalue weighted by Gasteiger charge is 2.08. The summed E-state index contributed by atoms with van der Waals surface area (Å²) in [5.41, 5.74) is -0.190. The Morgan fingerprint density at radius 2 is 2.50 bits per heavy atom. The van der Waals surface area contributed by atoms with Crippen LogP contribution in [0.15, 0.2) is 11.1 Å². The minimum absolute atomic E-state index is 0.140. The second-order valence-corrected chi connectivity index (χ2v) is 2.75. The lowest BCUT2D eigenvalue weighted by molar-refractivity contribution is 0.534. The Morgan fingerprint density at radius 1 is 1.71 bits per heavy atom. The van der Waals surface area contributed by atoms with Crippen LogP contribution in [-0.2, 0) is 6.67 Å². The summed E-state index contributed by atoms with van der Waals surface area (Å²) < 4.78 is 14.3. The Bertz CT molecular complexity index is 516. The molecule has 0 fully saturated rings. The summed E-state index contributed by atoms with van der Waals surface area (Å²) in [6.07, 6.45) is 0.531. The second-order valence-electron chi connectivity index (χ2n) is 2.75. The van der Waals surface area contributed by atoms with Gasteiger partial charge in [-0.05, 0) is 7.05 Å². The van der Waals surface area contributed by atoms with E-state index in [1.165, 1.54) is 6.33 Å². The topological polar surface area (TPSA) is 75.6 Å². The molecule has 2 rings (SSSR count). The zero-order valence-corrected chi connectivity index (χ0v) is 7.41. The molecule has 2 aromatic rings. The van der Waals surface area contributed by atoms with Crippen molar-refractivity contribution < 1.29 is 4.39 Å². The third-order valence-electron chi connectivity index (χ3n) is 1.77. The second kappa shape index (κ2) is 3.18. The molecule has 0 saturated heterocycles. The van der Waals surface area contributed by atoms with Gasteiger partial charge in [-0.1, -0.05) is 0 Å². The summed E-state index contributed by atoms with van der Waals surface area (Å²) in [6.45, 7) is 0.423. The van der Waals surface area contributed by atoms with Crippen molar-refractivity contribution in [1.29, 1.82) is 0 Å². The molecule has 2 N–H and O–H groups in total. The van der Waals surface area contributed by atoms with E-state index in [9.17, 15) is 9.18 Å². The zero-order valence-electron chi connectivity index (χ0n) is 7.41. The average molecular weight is 197 g/mol. The smallest absolute Gasteiger partial charge is 0.291 e. The van der Waals surface area contributed by atoms with Gasteiger partial charge < -0.3 is 9.88 Å². The van der Waals surface area contributed by atoms with Gasteiger partial charge >= 0.3 is 0 Å². The third-order valence-corrected chi connectivity index (χ3v) is 1.77. The first-order valence-corrected chi connectivity index (χ1v) is 3.97. The molecule has 0 aliphatic heterocycles. The Balaban J connectivity index is 2.72. The number of aromatic nitrogens is 4. The van der Waals surface area contributed by atoms with Crippen LogP contribution >= 0.6 is 0 Å². The van der Waals surface area contributed by atoms with Crippen LogP contribution in [0.5, 0.6) is 0 Å². The molecule has 0 saturated carbocycles. The molecule has 0 bridgehead atoms. The van der Waals surface area contributed by atoms with Gasteiger partial charge in [0.2, 0.25) is 0 Å². The van der Waals surface area contributed by atoms with Crippen molar-refractivity contribution in [2.45, 2.75) is 6.67 Å². The highest BCUT2D eigenvalue weighted by molar-refractivity contribution is 5.68. The number of nitrogens with one attached hydrogen (secondary N) is 2. The van der Waals surface area contributed by atoms with Crippen LogP contribution in [0.3, 0.4) is 0 Å². The van der Waals surface area contributed by atoms with Crippen molar-refractivity contribution in [2.75, 3.05) is 7.05 Å². The first kappa shape index (κ1) is 8.82. The van der Waals surface area contributed by atoms with Crippen LogP contribution < -0.4 is 10.9 Å². The summed E-state index contributed by atoms with van der Waals surface area (Å²) in [5, 5.41) is 2.85. The molecule has 74 valence electrons. The van der Waals surface area contributed by atoms with E-state index in [0.29, 0.717) is 6.67 Å². The summed E-state index contributed by atoms with van der Waals surface area (Å²) in [5.74, 6) is 0. The lowest BCUT2D eigenvalue weighted by atomic mass is 10.5. The van der Waals surface area contributed by atoms with Crippen LogP contribution in [0, 0.1) is 6.08 Å². The van der Waals surface area contributed by atoms with E-state index in [1.54, 1.807) is 11.6 Å². The minimum atomic E-state index is -0.902. The van der Waals surface area contributed by atoms with Gasteiger partial charge in [-0.15, -0.1) is 0 Å². The fourth-order valence-corrected chi connectivity index (χ4v) is 1.21. The first-order chi connectivity index (χ1) is 6.72. The van der Waals surface area contributed by atoms with E-state index in [-0.39, 0.29) is 11.2 Å². The number of halogens is 1. The summed E-state index contributed by atoms with van der Waals surface area (Å²) >= 11 is 0. The quantitative estimate of drug-likeness (QED) is 0.632. The molecule has 7 heteroatoms. The van der Waals surface area contributed by atoms with Crippen molar-refractivity contribution in [3.05, 3.63) is 22.8 Å². The largest absolute Gasteiger partial charge is 0.303 e. The number of hydrogen-bond donors (Lipinski definition) is 2. The van der Waals surface area contributed by atoms with E-state index in [2.05, 4.69) is 15.3 Å². The van der Waals surface area contributed by atoms with Gasteiger partial charge in [-0.3, -0.25) is 9.78 Å². The summed E-state index contributed by atoms with van der Waals surface area (Å²) in [7, 11) is 1.73. The fourth-order valence-electron chi connectivity index (χ4n) is 1.21. The maximum Gasteiger partial charge on any atom is 0.291 e. The minimum Gasteiger partial charge on any atom is -0.303 e. The van der Waals surface area contributed by atoms with Crippen LogP contribution in [0.25, 0.3) is 11.2 Å². The molecule has 6 nitrogen and oxygen atoms in total. The van der Waals surface area contributed by atoms with Gasteiger partial charge in [-0.25, -0.2) is 4.98 Å². The molecule has 2 heterocycles. The summed E-state index contributed by atoms with van der Waals surface area (Å²) in [6, 6.07) is 0. The maximum absolute atomic E-state index is 12.8. The maximum atomic E-state index is 12.8. The van der Waals surface area contributed by atoms with Gasteiger partial charge in [0.1, 0.15) is 0 Å². The Kier molecular flexibility index (Phi) is 2.01. The molecule has 0 atom stereocenters. The Morgan fingerprint density at radius 3 is 3.21 bits per heavy atom. The third kappa shape index (κ3) is 1.27. The van der Waals surface area contributed by atoms with Crippen molar-refractivity contribution in [2.24, 2.45) is 0 Å². The molecular formula is C7H8FN5O. The lowest BCUT2D eigenvalue weighted by Gasteiger charge is -2.00. The number of hydrogen-bond acceptors (Lipinski definition) is 4. The van der Waals surface area contributed by atoms with Crippen molar-refractivity contribution >= 4 is 11.2 Å². The molecule has 0 aromatic carbocycles. The number of rotatable bonds is 2. The van der Waals surface area contributed by atoms with Crippen LogP contribution in [-0.4, -0.2) is 26.6 Å². The molecule has 0 aliphatic rings. The van der Waals surface area contributed by atoms with Crippen molar-refractivity contribution in [3.8, 4) is 0 Å². The molecular weight excluding hydrogens is 189 g/mol. The van der Waals surface area contributed by atoms with E-state index < -0.39 is 11.6 Å². The Hall–Kier alpha value is -1.76. The van der Waals surface area contributed by atoms with Crippen molar-refractivity contribution in [1.82, 2.24) is 24.8 Å². The van der Waals surface area contributed by atoms with Gasteiger partial charge in [-0.2, -0.15) is 9.37 Å². The number of H-pyrrole nitrogens is 1. The zero-order chi connectivity index (χ0) is 10.1. The SMILES string of the molecule is CNCn1cnc2c(=O)[nH]c(F)nc21. The number of aromatic amines is 1. The highest BCUT2D eigenvalue weighted by Crippen LogP contribution is 2.03. The van der Waals surface area contributed by atoms with Crippen LogP contribution in [0.1, 0.15) is 0 Å². The number of imidazole rings is 1. The molecule has 0 amide bonds. The highest BCUT2D eigenvalue weighted by atomic mass is 19.1. The van der Waals surface area contributed by atoms with E-state index in [4.69, 9.17) is 0 Å². The predicted octanol–water partition coefficient (Wildman–Crippen LogP) is -0.564. The number of fused-ring (bicyclic) bond motifs is 1. The first-order valence-electron chi connectivity index (χ1n) is 3.97. The fraction of sp³-hybridized carbons (Fsp3) is 0.286. The van der Waals surface area contributed by atoms with Gasteiger partial charge in [0, 0.05) is 0 Å². The predicted molar refractivity (Wildman–Crippen MR) is 47.2 cm³/mol. The van der Waals surface area contributed by atoms with Crippen LogP contribution in [0.2, 0.25) is 0 Å². The molecule has 2 aromatic heterocycles. The van der Waals surface area contributed by atoms with Gasteiger partial charge in [0.25, 0.3) is 11.6 Å². The molecule has 0 unspecified atom stereocenters. The van der Waals surface area contributed by atoms with E-state index in [0.717, 1.165) is 0 Å². The molecule has 0 spiro atoms. The Labute approximate surface area is 77.8 Å². The van der Waals surface area contributed by atoms with E-state index >= 15 is 0 Å². The molecule has 0 aliphatic carbocycles. The van der Waals surface area contributed by atoms with E-state index in [1.807, 2.05) is 4.98 Å². The molecule has 14 heavy (non-hydrogen) atoms. The number of nitrogens with zero attached hydrogens (tertiary/aromatic N) is 3. The summed E-state index contributed by atoms with van der Waals surface area (Å²) in [4.78, 5) is 20.5. The standard InChI is InChI=1S/C7H8FN5O/c1-9-2-13-3-10-4-5(13)11-7(8)12-6(4)14/h3,9H,2H2,1H3,(H,11,12,14). The van der Waals surface area contributed by atoms with Gasteiger partial charge in [0.05, 0.1) is 13.0 Å². The average Bonchev–Trinajstić information content (AvgIpc) is 2.49. The van der Waals surface area contributed by atoms with Crippen molar-refractivity contribution in [3.63, 3.8) is 0 Å². The van der Waals surface area contributed by atoms with Crippen LogP contribution in [0.4, 0.5) is 4.39 Å². The molecule has 0 radical (unpaired) electrons. The monoisotopic (exact) mass is 197 g/mol. The normalized spacial score (nSPS) is 11.0. The lowest BCUT2D eigenvalue weighted by Crippen LogP contribution is -2.15. The van der Waals surface area contributed by atoms with Gasteiger partial charge in [0.15, 0.2) is 11.2 Å².